The fourth-order valence-electron chi connectivity index (χ4n) is 2.87. The third-order valence-electron chi connectivity index (χ3n) is 4.30. The van der Waals surface area contributed by atoms with E-state index in [1.807, 2.05) is 17.5 Å². The number of thioether (sulfide) groups is 1. The quantitative estimate of drug-likeness (QED) is 0.319. The lowest BCUT2D eigenvalue weighted by Gasteiger charge is -2.06. The van der Waals surface area contributed by atoms with Gasteiger partial charge in [0.2, 0.25) is 5.91 Å². The molecule has 0 saturated heterocycles. The molecule has 0 aliphatic carbocycles. The molecule has 30 heavy (non-hydrogen) atoms. The average Bonchev–Trinajstić information content (AvgIpc) is 3.16. The summed E-state index contributed by atoms with van der Waals surface area (Å²) in [5.41, 5.74) is 2.07. The van der Waals surface area contributed by atoms with Crippen LogP contribution in [0, 0.1) is 5.82 Å². The van der Waals surface area contributed by atoms with Crippen molar-refractivity contribution in [3.8, 4) is 11.1 Å². The number of aromatic nitrogens is 2. The first-order chi connectivity index (χ1) is 14.5. The number of amides is 1. The van der Waals surface area contributed by atoms with E-state index < -0.39 is 0 Å². The molecule has 0 saturated carbocycles. The van der Waals surface area contributed by atoms with Crippen LogP contribution in [0.15, 0.2) is 63.9 Å². The van der Waals surface area contributed by atoms with Crippen molar-refractivity contribution in [2.75, 3.05) is 5.75 Å². The molecular weight excluding hydrogens is 445 g/mol. The Morgan fingerprint density at radius 3 is 2.80 bits per heavy atom. The maximum Gasteiger partial charge on any atom is 0.260 e. The molecule has 2 heterocycles. The molecule has 0 aliphatic heterocycles. The van der Waals surface area contributed by atoms with E-state index in [1.54, 1.807) is 24.3 Å². The van der Waals surface area contributed by atoms with Crippen LogP contribution >= 0.6 is 34.7 Å². The summed E-state index contributed by atoms with van der Waals surface area (Å²) in [6, 6.07) is 13.2. The Bertz CT molecular complexity index is 1270. The van der Waals surface area contributed by atoms with Gasteiger partial charge in [-0.3, -0.25) is 9.59 Å². The number of nitrogens with zero attached hydrogens (tertiary/aromatic N) is 1. The van der Waals surface area contributed by atoms with Crippen molar-refractivity contribution in [3.63, 3.8) is 0 Å². The lowest BCUT2D eigenvalue weighted by Crippen LogP contribution is -2.24. The van der Waals surface area contributed by atoms with Gasteiger partial charge < -0.3 is 10.3 Å². The molecule has 2 N–H and O–H groups in total. The molecule has 0 radical (unpaired) electrons. The summed E-state index contributed by atoms with van der Waals surface area (Å²) in [4.78, 5) is 32.5. The number of rotatable bonds is 6. The molecule has 1 amide bonds. The number of hydrogen-bond acceptors (Lipinski definition) is 5. The number of fused-ring (bicyclic) bond motifs is 1. The van der Waals surface area contributed by atoms with Crippen molar-refractivity contribution >= 4 is 50.8 Å². The normalized spacial score (nSPS) is 11.0. The van der Waals surface area contributed by atoms with Gasteiger partial charge in [0.15, 0.2) is 5.16 Å². The van der Waals surface area contributed by atoms with Crippen molar-refractivity contribution in [2.24, 2.45) is 0 Å². The van der Waals surface area contributed by atoms with Gasteiger partial charge in [0, 0.05) is 22.5 Å². The van der Waals surface area contributed by atoms with E-state index in [2.05, 4.69) is 15.3 Å². The van der Waals surface area contributed by atoms with E-state index in [4.69, 9.17) is 11.6 Å². The van der Waals surface area contributed by atoms with Crippen molar-refractivity contribution in [1.82, 2.24) is 15.3 Å². The predicted molar refractivity (Wildman–Crippen MR) is 120 cm³/mol. The minimum absolute atomic E-state index is 0.116. The summed E-state index contributed by atoms with van der Waals surface area (Å²) < 4.78 is 13.2. The summed E-state index contributed by atoms with van der Waals surface area (Å²) in [6.07, 6.45) is 0. The standard InChI is InChI=1S/C21H15ClFN3O2S2/c22-14-3-1-2-12(8-14)9-24-17(27)11-30-21-25-19(28)18-16(10-29-20(18)26-21)13-4-6-15(23)7-5-13/h1-8,10H,9,11H2,(H,24,27)(H,25,26,28). The summed E-state index contributed by atoms with van der Waals surface area (Å²) in [5.74, 6) is -0.399. The highest BCUT2D eigenvalue weighted by molar-refractivity contribution is 7.99. The number of halogens is 2. The number of carbonyl (C=O) groups excluding carboxylic acids is 1. The molecule has 9 heteroatoms. The molecule has 2 aromatic carbocycles. The highest BCUT2D eigenvalue weighted by Gasteiger charge is 2.14. The summed E-state index contributed by atoms with van der Waals surface area (Å²) >= 11 is 8.43. The maximum absolute atomic E-state index is 13.2. The van der Waals surface area contributed by atoms with E-state index in [1.165, 1.54) is 23.5 Å². The Hall–Kier alpha value is -2.68. The third kappa shape index (κ3) is 4.72. The molecule has 2 aromatic heterocycles. The lowest BCUT2D eigenvalue weighted by atomic mass is 10.1. The first kappa shape index (κ1) is 20.6. The zero-order valence-corrected chi connectivity index (χ0v) is 17.8. The number of thiophene rings is 1. The van der Waals surface area contributed by atoms with Gasteiger partial charge in [0.1, 0.15) is 10.6 Å². The Morgan fingerprint density at radius 2 is 2.03 bits per heavy atom. The van der Waals surface area contributed by atoms with Gasteiger partial charge in [-0.1, -0.05) is 47.6 Å². The number of benzene rings is 2. The van der Waals surface area contributed by atoms with Crippen molar-refractivity contribution in [1.29, 1.82) is 0 Å². The zero-order valence-electron chi connectivity index (χ0n) is 15.4. The van der Waals surface area contributed by atoms with Crippen LogP contribution < -0.4 is 10.9 Å². The molecule has 152 valence electrons. The van der Waals surface area contributed by atoms with Gasteiger partial charge in [-0.25, -0.2) is 9.37 Å². The van der Waals surface area contributed by atoms with Gasteiger partial charge in [0.25, 0.3) is 5.56 Å². The largest absolute Gasteiger partial charge is 0.351 e. The van der Waals surface area contributed by atoms with Crippen molar-refractivity contribution in [3.05, 3.63) is 80.7 Å². The second-order valence-corrected chi connectivity index (χ2v) is 8.66. The van der Waals surface area contributed by atoms with Crippen molar-refractivity contribution < 1.29 is 9.18 Å². The minimum atomic E-state index is -0.336. The Balaban J connectivity index is 1.44. The molecule has 0 aliphatic rings. The smallest absolute Gasteiger partial charge is 0.260 e. The maximum atomic E-state index is 13.2. The first-order valence-electron chi connectivity index (χ1n) is 8.91. The van der Waals surface area contributed by atoms with Crippen LogP contribution in [0.5, 0.6) is 0 Å². The molecular formula is C21H15ClFN3O2S2. The van der Waals surface area contributed by atoms with Crippen LogP contribution in [0.2, 0.25) is 5.02 Å². The fourth-order valence-corrected chi connectivity index (χ4v) is 4.78. The van der Waals surface area contributed by atoms with E-state index in [0.29, 0.717) is 32.5 Å². The van der Waals surface area contributed by atoms with Crippen LogP contribution in [0.3, 0.4) is 0 Å². The van der Waals surface area contributed by atoms with Gasteiger partial charge in [-0.15, -0.1) is 11.3 Å². The Morgan fingerprint density at radius 1 is 1.23 bits per heavy atom. The predicted octanol–water partition coefficient (Wildman–Crippen LogP) is 4.85. The number of aromatic amines is 1. The second kappa shape index (κ2) is 8.99. The molecule has 4 aromatic rings. The van der Waals surface area contributed by atoms with Crippen LogP contribution in [0.1, 0.15) is 5.56 Å². The van der Waals surface area contributed by atoms with Gasteiger partial charge in [-0.2, -0.15) is 0 Å². The van der Waals surface area contributed by atoms with E-state index >= 15 is 0 Å². The molecule has 0 atom stereocenters. The van der Waals surface area contributed by atoms with E-state index in [0.717, 1.165) is 22.9 Å². The van der Waals surface area contributed by atoms with Crippen molar-refractivity contribution in [2.45, 2.75) is 11.7 Å². The van der Waals surface area contributed by atoms with E-state index in [-0.39, 0.29) is 23.0 Å². The summed E-state index contributed by atoms with van der Waals surface area (Å²) in [7, 11) is 0. The molecule has 0 fully saturated rings. The van der Waals surface area contributed by atoms with Crippen LogP contribution in [-0.4, -0.2) is 21.6 Å². The fraction of sp³-hybridized carbons (Fsp3) is 0.0952. The van der Waals surface area contributed by atoms with Crippen LogP contribution in [0.25, 0.3) is 21.3 Å². The highest BCUT2D eigenvalue weighted by Crippen LogP contribution is 2.31. The molecule has 0 unspecified atom stereocenters. The molecule has 0 spiro atoms. The first-order valence-corrected chi connectivity index (χ1v) is 11.2. The third-order valence-corrected chi connectivity index (χ3v) is 6.28. The van der Waals surface area contributed by atoms with E-state index in [9.17, 15) is 14.0 Å². The monoisotopic (exact) mass is 459 g/mol. The second-order valence-electron chi connectivity index (χ2n) is 6.40. The molecule has 4 rings (SSSR count). The number of carbonyl (C=O) groups is 1. The topological polar surface area (TPSA) is 74.8 Å². The summed E-state index contributed by atoms with van der Waals surface area (Å²) in [6.45, 7) is 0.370. The zero-order chi connectivity index (χ0) is 21.1. The SMILES string of the molecule is O=C(CSc1nc2scc(-c3ccc(F)cc3)c2c(=O)[nH]1)NCc1cccc(Cl)c1. The number of hydrogen-bond donors (Lipinski definition) is 2. The van der Waals surface area contributed by atoms with Gasteiger partial charge >= 0.3 is 0 Å². The summed E-state index contributed by atoms with van der Waals surface area (Å²) in [5, 5.41) is 6.08. The lowest BCUT2D eigenvalue weighted by molar-refractivity contribution is -0.118. The Labute approximate surface area is 184 Å². The highest BCUT2D eigenvalue weighted by atomic mass is 35.5. The number of nitrogens with one attached hydrogen (secondary N) is 2. The van der Waals surface area contributed by atoms with Gasteiger partial charge in [-0.05, 0) is 35.4 Å². The molecule has 5 nitrogen and oxygen atoms in total. The minimum Gasteiger partial charge on any atom is -0.351 e. The van der Waals surface area contributed by atoms with Crippen LogP contribution in [-0.2, 0) is 11.3 Å². The Kier molecular flexibility index (Phi) is 6.17. The van der Waals surface area contributed by atoms with Gasteiger partial charge in [0.05, 0.1) is 11.1 Å². The number of H-pyrrole nitrogens is 1. The molecule has 0 bridgehead atoms. The average molecular weight is 460 g/mol. The van der Waals surface area contributed by atoms with Crippen LogP contribution in [0.4, 0.5) is 4.39 Å².